The molecule has 1 amide bonds. The van der Waals surface area contributed by atoms with Crippen LogP contribution in [0.25, 0.3) is 0 Å². The van der Waals surface area contributed by atoms with Gasteiger partial charge in [-0.3, -0.25) is 4.79 Å². The number of carbonyl (C=O) groups is 1. The lowest BCUT2D eigenvalue weighted by atomic mass is 10.1. The smallest absolute Gasteiger partial charge is 0.241 e. The first-order valence-electron chi connectivity index (χ1n) is 9.57. The molecule has 1 aliphatic rings. The maximum absolute atomic E-state index is 13.0. The Morgan fingerprint density at radius 2 is 1.71 bits per heavy atom. The summed E-state index contributed by atoms with van der Waals surface area (Å²) in [5.41, 5.74) is 0.912. The van der Waals surface area contributed by atoms with Crippen molar-refractivity contribution in [2.24, 2.45) is 0 Å². The second kappa shape index (κ2) is 9.21. The summed E-state index contributed by atoms with van der Waals surface area (Å²) in [6.45, 7) is 3.72. The number of rotatable bonds is 8. The average Bonchev–Trinajstić information content (AvgIpc) is 3.23. The van der Waals surface area contributed by atoms with Gasteiger partial charge in [0.05, 0.1) is 11.5 Å². The fourth-order valence-corrected chi connectivity index (χ4v) is 4.51. The van der Waals surface area contributed by atoms with Gasteiger partial charge in [0.1, 0.15) is 11.8 Å². The van der Waals surface area contributed by atoms with Gasteiger partial charge in [-0.2, -0.15) is 4.72 Å². The van der Waals surface area contributed by atoms with Gasteiger partial charge in [-0.15, -0.1) is 0 Å². The fraction of sp³-hybridized carbons (Fsp3) is 0.381. The van der Waals surface area contributed by atoms with Gasteiger partial charge in [0.2, 0.25) is 15.9 Å². The number of carbonyl (C=O) groups excluding carboxylic acids is 1. The maximum atomic E-state index is 13.0. The van der Waals surface area contributed by atoms with E-state index >= 15 is 0 Å². The second-order valence-corrected chi connectivity index (χ2v) is 8.51. The number of hydrogen-bond donors (Lipinski definition) is 1. The molecule has 1 fully saturated rings. The lowest BCUT2D eigenvalue weighted by Crippen LogP contribution is -2.48. The predicted octanol–water partition coefficient (Wildman–Crippen LogP) is 2.60. The molecule has 150 valence electrons. The van der Waals surface area contributed by atoms with E-state index in [0.717, 1.165) is 18.4 Å². The molecule has 7 heteroatoms. The zero-order valence-corrected chi connectivity index (χ0v) is 16.8. The summed E-state index contributed by atoms with van der Waals surface area (Å²) >= 11 is 0. The summed E-state index contributed by atoms with van der Waals surface area (Å²) in [7, 11) is -3.84. The van der Waals surface area contributed by atoms with Crippen LogP contribution in [0.2, 0.25) is 0 Å². The third-order valence-corrected chi connectivity index (χ3v) is 6.23. The van der Waals surface area contributed by atoms with Crippen molar-refractivity contribution in [2.75, 3.05) is 19.7 Å². The summed E-state index contributed by atoms with van der Waals surface area (Å²) in [6.07, 6.45) is 2.22. The number of likely N-dealkylation sites (tertiary alicyclic amines) is 1. The zero-order valence-electron chi connectivity index (χ0n) is 16.0. The van der Waals surface area contributed by atoms with Gasteiger partial charge < -0.3 is 9.64 Å². The summed E-state index contributed by atoms with van der Waals surface area (Å²) < 4.78 is 33.8. The molecule has 0 spiro atoms. The van der Waals surface area contributed by atoms with Crippen LogP contribution in [0.15, 0.2) is 59.5 Å². The molecule has 2 aromatic rings. The standard InChI is InChI=1S/C21H26N2O4S/c1-2-27-18-10-12-19(13-11-18)28(25,26)22-20(16-17-8-4-3-5-9-17)21(24)23-14-6-7-15-23/h3-5,8-13,20,22H,2,6-7,14-16H2,1H3/t20-/m0/s1. The Morgan fingerprint density at radius 1 is 1.07 bits per heavy atom. The topological polar surface area (TPSA) is 75.7 Å². The highest BCUT2D eigenvalue weighted by atomic mass is 32.2. The number of benzene rings is 2. The SMILES string of the molecule is CCOc1ccc(S(=O)(=O)N[C@@H](Cc2ccccc2)C(=O)N2CCCC2)cc1. The van der Waals surface area contributed by atoms with Crippen LogP contribution < -0.4 is 9.46 Å². The molecule has 28 heavy (non-hydrogen) atoms. The van der Waals surface area contributed by atoms with E-state index in [1.165, 1.54) is 12.1 Å². The van der Waals surface area contributed by atoms with Crippen LogP contribution in [-0.2, 0) is 21.2 Å². The molecule has 1 atom stereocenters. The minimum Gasteiger partial charge on any atom is -0.494 e. The Balaban J connectivity index is 1.81. The van der Waals surface area contributed by atoms with E-state index < -0.39 is 16.1 Å². The van der Waals surface area contributed by atoms with Gasteiger partial charge in [-0.25, -0.2) is 8.42 Å². The maximum Gasteiger partial charge on any atom is 0.241 e. The molecule has 6 nitrogen and oxygen atoms in total. The van der Waals surface area contributed by atoms with Crippen molar-refractivity contribution in [3.8, 4) is 5.75 Å². The van der Waals surface area contributed by atoms with Gasteiger partial charge in [-0.1, -0.05) is 30.3 Å². The number of hydrogen-bond acceptors (Lipinski definition) is 4. The molecule has 0 unspecified atom stereocenters. The fourth-order valence-electron chi connectivity index (χ4n) is 3.32. The Labute approximate surface area is 166 Å². The van der Waals surface area contributed by atoms with E-state index in [-0.39, 0.29) is 10.8 Å². The number of amides is 1. The number of nitrogens with zero attached hydrogens (tertiary/aromatic N) is 1. The Morgan fingerprint density at radius 3 is 2.32 bits per heavy atom. The van der Waals surface area contributed by atoms with E-state index in [4.69, 9.17) is 4.74 Å². The molecule has 0 aliphatic carbocycles. The molecule has 3 rings (SSSR count). The minimum atomic E-state index is -3.84. The highest BCUT2D eigenvalue weighted by molar-refractivity contribution is 7.89. The van der Waals surface area contributed by atoms with Crippen molar-refractivity contribution in [2.45, 2.75) is 37.1 Å². The summed E-state index contributed by atoms with van der Waals surface area (Å²) in [4.78, 5) is 14.8. The lowest BCUT2D eigenvalue weighted by molar-refractivity contribution is -0.131. The minimum absolute atomic E-state index is 0.114. The number of ether oxygens (including phenoxy) is 1. The van der Waals surface area contributed by atoms with Crippen LogP contribution in [0.5, 0.6) is 5.75 Å². The first-order valence-corrected chi connectivity index (χ1v) is 11.1. The van der Waals surface area contributed by atoms with Gasteiger partial charge in [0, 0.05) is 13.1 Å². The van der Waals surface area contributed by atoms with Gasteiger partial charge in [0.15, 0.2) is 0 Å². The van der Waals surface area contributed by atoms with Crippen LogP contribution in [0.4, 0.5) is 0 Å². The van der Waals surface area contributed by atoms with Crippen LogP contribution in [0.1, 0.15) is 25.3 Å². The predicted molar refractivity (Wildman–Crippen MR) is 108 cm³/mol. The Bertz CT molecular complexity index is 876. The van der Waals surface area contributed by atoms with Crippen molar-refractivity contribution >= 4 is 15.9 Å². The monoisotopic (exact) mass is 402 g/mol. The summed E-state index contributed by atoms with van der Waals surface area (Å²) in [6, 6.07) is 14.8. The molecule has 2 aromatic carbocycles. The van der Waals surface area contributed by atoms with Crippen molar-refractivity contribution in [3.63, 3.8) is 0 Å². The third kappa shape index (κ3) is 5.11. The molecule has 0 aromatic heterocycles. The van der Waals surface area contributed by atoms with Gasteiger partial charge in [-0.05, 0) is 56.0 Å². The lowest BCUT2D eigenvalue weighted by Gasteiger charge is -2.24. The van der Waals surface area contributed by atoms with Crippen LogP contribution >= 0.6 is 0 Å². The van der Waals surface area contributed by atoms with Crippen molar-refractivity contribution in [1.29, 1.82) is 0 Å². The van der Waals surface area contributed by atoms with Crippen LogP contribution in [0.3, 0.4) is 0 Å². The van der Waals surface area contributed by atoms with Crippen molar-refractivity contribution < 1.29 is 17.9 Å². The van der Waals surface area contributed by atoms with E-state index in [0.29, 0.717) is 31.9 Å². The van der Waals surface area contributed by atoms with E-state index in [1.54, 1.807) is 17.0 Å². The molecule has 1 heterocycles. The molecule has 1 N–H and O–H groups in total. The highest BCUT2D eigenvalue weighted by Gasteiger charge is 2.30. The molecule has 0 radical (unpaired) electrons. The number of sulfonamides is 1. The average molecular weight is 403 g/mol. The normalized spacial score (nSPS) is 15.4. The molecule has 1 aliphatic heterocycles. The molecular weight excluding hydrogens is 376 g/mol. The van der Waals surface area contributed by atoms with Crippen LogP contribution in [0, 0.1) is 0 Å². The van der Waals surface area contributed by atoms with Gasteiger partial charge >= 0.3 is 0 Å². The van der Waals surface area contributed by atoms with Crippen LogP contribution in [-0.4, -0.2) is 45.0 Å². The van der Waals surface area contributed by atoms with Crippen molar-refractivity contribution in [3.05, 3.63) is 60.2 Å². The molecular formula is C21H26N2O4S. The molecule has 1 saturated heterocycles. The second-order valence-electron chi connectivity index (χ2n) is 6.80. The van der Waals surface area contributed by atoms with E-state index in [1.807, 2.05) is 37.3 Å². The quantitative estimate of drug-likeness (QED) is 0.736. The summed E-state index contributed by atoms with van der Waals surface area (Å²) in [5.74, 6) is 0.436. The van der Waals surface area contributed by atoms with Gasteiger partial charge in [0.25, 0.3) is 0 Å². The Kier molecular flexibility index (Phi) is 6.70. The third-order valence-electron chi connectivity index (χ3n) is 4.74. The van der Waals surface area contributed by atoms with E-state index in [2.05, 4.69) is 4.72 Å². The molecule has 0 bridgehead atoms. The zero-order chi connectivity index (χ0) is 20.0. The summed E-state index contributed by atoms with van der Waals surface area (Å²) in [5, 5.41) is 0. The first-order chi connectivity index (χ1) is 13.5. The highest BCUT2D eigenvalue weighted by Crippen LogP contribution is 2.18. The Hall–Kier alpha value is -2.38. The van der Waals surface area contributed by atoms with Crippen molar-refractivity contribution in [1.82, 2.24) is 9.62 Å². The first kappa shape index (κ1) is 20.4. The van der Waals surface area contributed by atoms with E-state index in [9.17, 15) is 13.2 Å². The largest absolute Gasteiger partial charge is 0.494 e. The number of nitrogens with one attached hydrogen (secondary N) is 1. The molecule has 0 saturated carbocycles.